The summed E-state index contributed by atoms with van der Waals surface area (Å²) >= 11 is 0. The number of anilines is 2. The average Bonchev–Trinajstić information content (AvgIpc) is 2.36. The van der Waals surface area contributed by atoms with Crippen molar-refractivity contribution in [3.05, 3.63) is 11.4 Å². The van der Waals surface area contributed by atoms with Crippen molar-refractivity contribution in [3.63, 3.8) is 0 Å². The lowest BCUT2D eigenvalue weighted by Gasteiger charge is -2.25. The van der Waals surface area contributed by atoms with Gasteiger partial charge >= 0.3 is 0 Å². The molecule has 1 N–H and O–H groups in total. The molecular formula is C14H26N4. The smallest absolute Gasteiger partial charge is 0.137 e. The van der Waals surface area contributed by atoms with Crippen LogP contribution in [0.1, 0.15) is 45.5 Å². The SMILES string of the molecule is CCCNc1nc(CC)nc(N(C)C(C)C)c1C. The average molecular weight is 250 g/mol. The van der Waals surface area contributed by atoms with E-state index in [2.05, 4.69) is 61.9 Å². The van der Waals surface area contributed by atoms with E-state index in [4.69, 9.17) is 0 Å². The molecule has 0 unspecified atom stereocenters. The molecule has 1 aromatic rings. The number of hydrogen-bond donors (Lipinski definition) is 1. The van der Waals surface area contributed by atoms with Gasteiger partial charge in [0.1, 0.15) is 17.5 Å². The second-order valence-corrected chi connectivity index (χ2v) is 4.92. The Balaban J connectivity index is 3.15. The molecule has 0 fully saturated rings. The van der Waals surface area contributed by atoms with Gasteiger partial charge in [0, 0.05) is 31.6 Å². The minimum Gasteiger partial charge on any atom is -0.370 e. The second kappa shape index (κ2) is 6.57. The topological polar surface area (TPSA) is 41.1 Å². The number of aromatic nitrogens is 2. The molecule has 0 bridgehead atoms. The third-order valence-electron chi connectivity index (χ3n) is 3.13. The van der Waals surface area contributed by atoms with E-state index in [0.717, 1.165) is 42.4 Å². The van der Waals surface area contributed by atoms with Crippen LogP contribution in [0.25, 0.3) is 0 Å². The fraction of sp³-hybridized carbons (Fsp3) is 0.714. The number of nitrogens with zero attached hydrogens (tertiary/aromatic N) is 3. The van der Waals surface area contributed by atoms with Crippen molar-refractivity contribution in [1.29, 1.82) is 0 Å². The van der Waals surface area contributed by atoms with Crippen LogP contribution in [-0.2, 0) is 6.42 Å². The molecule has 0 atom stereocenters. The maximum absolute atomic E-state index is 4.66. The Hall–Kier alpha value is -1.32. The monoisotopic (exact) mass is 250 g/mol. The molecule has 102 valence electrons. The molecule has 1 aromatic heterocycles. The predicted molar refractivity (Wildman–Crippen MR) is 78.5 cm³/mol. The van der Waals surface area contributed by atoms with Gasteiger partial charge in [-0.05, 0) is 27.2 Å². The highest BCUT2D eigenvalue weighted by Gasteiger charge is 2.15. The maximum Gasteiger partial charge on any atom is 0.137 e. The lowest BCUT2D eigenvalue weighted by Crippen LogP contribution is -2.28. The summed E-state index contributed by atoms with van der Waals surface area (Å²) in [6.45, 7) is 11.6. The highest BCUT2D eigenvalue weighted by atomic mass is 15.2. The predicted octanol–water partition coefficient (Wildman–Crippen LogP) is 3.01. The van der Waals surface area contributed by atoms with Crippen LogP contribution in [-0.4, -0.2) is 29.6 Å². The second-order valence-electron chi connectivity index (χ2n) is 4.92. The van der Waals surface area contributed by atoms with Gasteiger partial charge in [0.25, 0.3) is 0 Å². The fourth-order valence-electron chi connectivity index (χ4n) is 1.71. The van der Waals surface area contributed by atoms with Gasteiger partial charge in [-0.3, -0.25) is 0 Å². The lowest BCUT2D eigenvalue weighted by atomic mass is 10.2. The van der Waals surface area contributed by atoms with Gasteiger partial charge in [0.15, 0.2) is 0 Å². The normalized spacial score (nSPS) is 10.8. The van der Waals surface area contributed by atoms with Gasteiger partial charge in [-0.25, -0.2) is 9.97 Å². The first-order valence-corrected chi connectivity index (χ1v) is 6.85. The van der Waals surface area contributed by atoms with E-state index in [-0.39, 0.29) is 0 Å². The van der Waals surface area contributed by atoms with Crippen LogP contribution in [0.5, 0.6) is 0 Å². The first-order valence-electron chi connectivity index (χ1n) is 6.85. The third kappa shape index (κ3) is 3.34. The molecule has 4 nitrogen and oxygen atoms in total. The summed E-state index contributed by atoms with van der Waals surface area (Å²) in [4.78, 5) is 11.4. The number of rotatable bonds is 6. The van der Waals surface area contributed by atoms with Crippen LogP contribution in [0, 0.1) is 6.92 Å². The van der Waals surface area contributed by atoms with E-state index >= 15 is 0 Å². The Morgan fingerprint density at radius 2 is 1.89 bits per heavy atom. The van der Waals surface area contributed by atoms with E-state index in [1.54, 1.807) is 0 Å². The molecule has 0 amide bonds. The van der Waals surface area contributed by atoms with Gasteiger partial charge in [-0.2, -0.15) is 0 Å². The maximum atomic E-state index is 4.66. The molecule has 0 aliphatic carbocycles. The summed E-state index contributed by atoms with van der Waals surface area (Å²) in [6, 6.07) is 0.433. The molecule has 0 aromatic carbocycles. The number of nitrogens with one attached hydrogen (secondary N) is 1. The summed E-state index contributed by atoms with van der Waals surface area (Å²) < 4.78 is 0. The zero-order valence-corrected chi connectivity index (χ0v) is 12.5. The summed E-state index contributed by atoms with van der Waals surface area (Å²) in [6.07, 6.45) is 1.96. The third-order valence-corrected chi connectivity index (χ3v) is 3.13. The van der Waals surface area contributed by atoms with Gasteiger partial charge in [0.2, 0.25) is 0 Å². The minimum atomic E-state index is 0.433. The van der Waals surface area contributed by atoms with Crippen LogP contribution in [0.2, 0.25) is 0 Å². The van der Waals surface area contributed by atoms with Crippen LogP contribution >= 0.6 is 0 Å². The molecule has 18 heavy (non-hydrogen) atoms. The van der Waals surface area contributed by atoms with Crippen molar-refractivity contribution in [1.82, 2.24) is 9.97 Å². The van der Waals surface area contributed by atoms with E-state index in [0.29, 0.717) is 6.04 Å². The summed E-state index contributed by atoms with van der Waals surface area (Å²) in [5, 5.41) is 3.39. The van der Waals surface area contributed by atoms with Crippen molar-refractivity contribution in [2.45, 2.75) is 53.5 Å². The van der Waals surface area contributed by atoms with Crippen molar-refractivity contribution in [2.75, 3.05) is 23.8 Å². The molecule has 4 heteroatoms. The highest BCUT2D eigenvalue weighted by Crippen LogP contribution is 2.24. The molecule has 0 saturated heterocycles. The van der Waals surface area contributed by atoms with Gasteiger partial charge in [0.05, 0.1) is 0 Å². The van der Waals surface area contributed by atoms with Gasteiger partial charge < -0.3 is 10.2 Å². The zero-order chi connectivity index (χ0) is 13.7. The van der Waals surface area contributed by atoms with Crippen LogP contribution in [0.3, 0.4) is 0 Å². The zero-order valence-electron chi connectivity index (χ0n) is 12.5. The van der Waals surface area contributed by atoms with Crippen LogP contribution < -0.4 is 10.2 Å². The first-order chi connectivity index (χ1) is 8.51. The number of aryl methyl sites for hydroxylation is 1. The fourth-order valence-corrected chi connectivity index (χ4v) is 1.71. The Morgan fingerprint density at radius 3 is 2.39 bits per heavy atom. The molecule has 1 heterocycles. The molecule has 0 saturated carbocycles. The molecule has 0 aliphatic rings. The summed E-state index contributed by atoms with van der Waals surface area (Å²) in [5.74, 6) is 2.92. The van der Waals surface area contributed by atoms with Crippen LogP contribution in [0.4, 0.5) is 11.6 Å². The van der Waals surface area contributed by atoms with Gasteiger partial charge in [-0.15, -0.1) is 0 Å². The largest absolute Gasteiger partial charge is 0.370 e. The van der Waals surface area contributed by atoms with Gasteiger partial charge in [-0.1, -0.05) is 13.8 Å². The summed E-state index contributed by atoms with van der Waals surface area (Å²) in [5.41, 5.74) is 1.14. The quantitative estimate of drug-likeness (QED) is 0.842. The first kappa shape index (κ1) is 14.7. The summed E-state index contributed by atoms with van der Waals surface area (Å²) in [7, 11) is 2.09. The Kier molecular flexibility index (Phi) is 5.38. The Morgan fingerprint density at radius 1 is 1.22 bits per heavy atom. The van der Waals surface area contributed by atoms with E-state index in [9.17, 15) is 0 Å². The van der Waals surface area contributed by atoms with Crippen LogP contribution in [0.15, 0.2) is 0 Å². The molecule has 0 radical (unpaired) electrons. The molecule has 0 spiro atoms. The van der Waals surface area contributed by atoms with Crippen molar-refractivity contribution < 1.29 is 0 Å². The molecule has 0 aliphatic heterocycles. The Bertz CT molecular complexity index is 388. The lowest BCUT2D eigenvalue weighted by molar-refractivity contribution is 0.732. The van der Waals surface area contributed by atoms with E-state index < -0.39 is 0 Å². The number of hydrogen-bond acceptors (Lipinski definition) is 4. The molecule has 1 rings (SSSR count). The van der Waals surface area contributed by atoms with Crippen molar-refractivity contribution in [3.8, 4) is 0 Å². The van der Waals surface area contributed by atoms with E-state index in [1.165, 1.54) is 0 Å². The van der Waals surface area contributed by atoms with Crippen molar-refractivity contribution >= 4 is 11.6 Å². The van der Waals surface area contributed by atoms with Crippen molar-refractivity contribution in [2.24, 2.45) is 0 Å². The standard InChI is InChI=1S/C14H26N4/c1-7-9-15-13-11(5)14(18(6)10(3)4)17-12(8-2)16-13/h10H,7-9H2,1-6H3,(H,15,16,17). The van der Waals surface area contributed by atoms with E-state index in [1.807, 2.05) is 0 Å². The molecular weight excluding hydrogens is 224 g/mol. The minimum absolute atomic E-state index is 0.433. The Labute approximate surface area is 111 Å². The highest BCUT2D eigenvalue weighted by molar-refractivity contribution is 5.58.